The molecule has 0 aliphatic carbocycles. The number of amides is 1. The molecule has 0 fully saturated rings. The number of allylic oxidation sites excluding steroid dienone is 1. The number of aromatic nitrogens is 2. The highest BCUT2D eigenvalue weighted by Crippen LogP contribution is 2.30. The molecule has 2 N–H and O–H groups in total. The van der Waals surface area contributed by atoms with Crippen molar-refractivity contribution in [2.45, 2.75) is 20.3 Å². The molecule has 1 amide bonds. The Hall–Kier alpha value is -2.69. The topological polar surface area (TPSA) is 66.9 Å². The van der Waals surface area contributed by atoms with Gasteiger partial charge in [0.15, 0.2) is 0 Å². The van der Waals surface area contributed by atoms with Crippen molar-refractivity contribution in [3.8, 4) is 11.3 Å². The number of nitrogens with zero attached hydrogens (tertiary/aromatic N) is 2. The minimum absolute atomic E-state index is 0.119. The van der Waals surface area contributed by atoms with Crippen molar-refractivity contribution in [1.29, 1.82) is 0 Å². The number of fused-ring (bicyclic) bond motifs is 1. The highest BCUT2D eigenvalue weighted by atomic mass is 16.1. The summed E-state index contributed by atoms with van der Waals surface area (Å²) in [5.41, 5.74) is 4.77. The fourth-order valence-electron chi connectivity index (χ4n) is 2.54. The molecule has 5 nitrogen and oxygen atoms in total. The van der Waals surface area contributed by atoms with Gasteiger partial charge in [-0.2, -0.15) is 0 Å². The fraction of sp³-hybridized carbons (Fsp3) is 0.235. The van der Waals surface area contributed by atoms with E-state index in [9.17, 15) is 4.79 Å². The molecule has 0 saturated heterocycles. The molecule has 1 aliphatic rings. The molecule has 0 atom stereocenters. The van der Waals surface area contributed by atoms with Crippen molar-refractivity contribution in [2.75, 3.05) is 17.2 Å². The molecule has 5 heteroatoms. The Morgan fingerprint density at radius 1 is 1.32 bits per heavy atom. The normalized spacial score (nSPS) is 12.3. The van der Waals surface area contributed by atoms with E-state index in [0.717, 1.165) is 46.9 Å². The first-order valence-electron chi connectivity index (χ1n) is 7.27. The molecule has 22 heavy (non-hydrogen) atoms. The molecule has 2 heterocycles. The Morgan fingerprint density at radius 3 is 3.00 bits per heavy atom. The van der Waals surface area contributed by atoms with Gasteiger partial charge < -0.3 is 10.6 Å². The van der Waals surface area contributed by atoms with Crippen molar-refractivity contribution in [1.82, 2.24) is 9.97 Å². The van der Waals surface area contributed by atoms with Gasteiger partial charge in [-0.3, -0.25) is 4.79 Å². The average molecular weight is 294 g/mol. The number of carbonyl (C=O) groups excluding carboxylic acids is 1. The Balaban J connectivity index is 1.91. The lowest BCUT2D eigenvalue weighted by Gasteiger charge is -2.08. The second-order valence-electron chi connectivity index (χ2n) is 5.52. The number of hydrogen-bond donors (Lipinski definition) is 2. The summed E-state index contributed by atoms with van der Waals surface area (Å²) in [7, 11) is 0. The molecule has 3 rings (SSSR count). The van der Waals surface area contributed by atoms with Crippen molar-refractivity contribution in [2.24, 2.45) is 0 Å². The van der Waals surface area contributed by atoms with Crippen molar-refractivity contribution in [3.63, 3.8) is 0 Å². The van der Waals surface area contributed by atoms with E-state index >= 15 is 0 Å². The van der Waals surface area contributed by atoms with Crippen LogP contribution < -0.4 is 10.6 Å². The van der Waals surface area contributed by atoms with E-state index in [-0.39, 0.29) is 5.91 Å². The second kappa shape index (κ2) is 5.97. The van der Waals surface area contributed by atoms with Crippen LogP contribution in [0.4, 0.5) is 11.5 Å². The molecule has 1 aliphatic heterocycles. The molecule has 0 saturated carbocycles. The third-order valence-electron chi connectivity index (χ3n) is 3.44. The van der Waals surface area contributed by atoms with Crippen molar-refractivity contribution >= 4 is 17.4 Å². The Labute approximate surface area is 129 Å². The van der Waals surface area contributed by atoms with Crippen LogP contribution in [0.3, 0.4) is 0 Å². The molecular formula is C17H18N4O. The number of nitrogens with one attached hydrogen (secondary N) is 2. The molecule has 0 bridgehead atoms. The molecule has 0 unspecified atom stereocenters. The van der Waals surface area contributed by atoms with Crippen LogP contribution in [-0.4, -0.2) is 22.4 Å². The second-order valence-corrected chi connectivity index (χ2v) is 5.52. The number of rotatable bonds is 3. The zero-order chi connectivity index (χ0) is 15.5. The maximum Gasteiger partial charge on any atom is 0.248 e. The van der Waals surface area contributed by atoms with Gasteiger partial charge in [0.25, 0.3) is 0 Å². The Bertz CT molecular complexity index is 748. The third-order valence-corrected chi connectivity index (χ3v) is 3.44. The highest BCUT2D eigenvalue weighted by Gasteiger charge is 2.17. The van der Waals surface area contributed by atoms with Gasteiger partial charge in [0.1, 0.15) is 12.1 Å². The predicted molar refractivity (Wildman–Crippen MR) is 87.7 cm³/mol. The van der Waals surface area contributed by atoms with Gasteiger partial charge in [0.2, 0.25) is 5.91 Å². The largest absolute Gasteiger partial charge is 0.369 e. The summed E-state index contributed by atoms with van der Waals surface area (Å²) in [6.07, 6.45) is 4.07. The molecular weight excluding hydrogens is 276 g/mol. The first kappa shape index (κ1) is 14.3. The van der Waals surface area contributed by atoms with E-state index in [2.05, 4.69) is 20.6 Å². The molecule has 1 aromatic carbocycles. The van der Waals surface area contributed by atoms with Crippen LogP contribution in [-0.2, 0) is 11.2 Å². The summed E-state index contributed by atoms with van der Waals surface area (Å²) in [5, 5.41) is 6.13. The van der Waals surface area contributed by atoms with Gasteiger partial charge in [-0.05, 0) is 32.4 Å². The molecule has 2 aromatic rings. The van der Waals surface area contributed by atoms with Crippen LogP contribution >= 0.6 is 0 Å². The van der Waals surface area contributed by atoms with E-state index in [0.29, 0.717) is 0 Å². The van der Waals surface area contributed by atoms with Crippen LogP contribution in [0.15, 0.2) is 42.2 Å². The smallest absolute Gasteiger partial charge is 0.248 e. The van der Waals surface area contributed by atoms with Crippen LogP contribution in [0.1, 0.15) is 19.4 Å². The zero-order valence-electron chi connectivity index (χ0n) is 12.7. The minimum atomic E-state index is -0.119. The van der Waals surface area contributed by atoms with Gasteiger partial charge >= 0.3 is 0 Å². The number of hydrogen-bond acceptors (Lipinski definition) is 4. The van der Waals surface area contributed by atoms with Crippen LogP contribution in [0.2, 0.25) is 0 Å². The lowest BCUT2D eigenvalue weighted by molar-refractivity contribution is -0.111. The summed E-state index contributed by atoms with van der Waals surface area (Å²) in [6.45, 7) is 4.68. The minimum Gasteiger partial charge on any atom is -0.369 e. The monoisotopic (exact) mass is 294 g/mol. The van der Waals surface area contributed by atoms with Gasteiger partial charge in [0, 0.05) is 29.4 Å². The molecule has 0 spiro atoms. The summed E-state index contributed by atoms with van der Waals surface area (Å²) in [6, 6.07) is 7.74. The third kappa shape index (κ3) is 2.98. The molecule has 0 radical (unpaired) electrons. The van der Waals surface area contributed by atoms with E-state index in [4.69, 9.17) is 0 Å². The summed E-state index contributed by atoms with van der Waals surface area (Å²) >= 11 is 0. The predicted octanol–water partition coefficient (Wildman–Crippen LogP) is 3.02. The van der Waals surface area contributed by atoms with Crippen molar-refractivity contribution < 1.29 is 4.79 Å². The maximum atomic E-state index is 11.8. The molecule has 112 valence electrons. The van der Waals surface area contributed by atoms with Crippen LogP contribution in [0.25, 0.3) is 11.3 Å². The summed E-state index contributed by atoms with van der Waals surface area (Å²) in [5.74, 6) is 0.788. The Morgan fingerprint density at radius 2 is 2.18 bits per heavy atom. The lowest BCUT2D eigenvalue weighted by Crippen LogP contribution is -2.08. The Kier molecular flexibility index (Phi) is 3.87. The van der Waals surface area contributed by atoms with Gasteiger partial charge in [-0.25, -0.2) is 9.97 Å². The van der Waals surface area contributed by atoms with Crippen LogP contribution in [0.5, 0.6) is 0 Å². The van der Waals surface area contributed by atoms with E-state index < -0.39 is 0 Å². The van der Waals surface area contributed by atoms with Gasteiger partial charge in [0.05, 0.1) is 5.69 Å². The molecule has 1 aromatic heterocycles. The van der Waals surface area contributed by atoms with E-state index in [1.807, 2.05) is 38.1 Å². The van der Waals surface area contributed by atoms with Crippen molar-refractivity contribution in [3.05, 3.63) is 47.8 Å². The quantitative estimate of drug-likeness (QED) is 0.854. The SMILES string of the molecule is CC(C)=CC(=O)Nc1cccc(-c2ncnc3c2CCN3)c1. The average Bonchev–Trinajstić information content (AvgIpc) is 2.94. The first-order chi connectivity index (χ1) is 10.6. The summed E-state index contributed by atoms with van der Waals surface area (Å²) in [4.78, 5) is 20.5. The number of benzene rings is 1. The van der Waals surface area contributed by atoms with Crippen LogP contribution in [0, 0.1) is 0 Å². The summed E-state index contributed by atoms with van der Waals surface area (Å²) < 4.78 is 0. The number of anilines is 2. The zero-order valence-corrected chi connectivity index (χ0v) is 12.7. The van der Waals surface area contributed by atoms with Gasteiger partial charge in [-0.15, -0.1) is 0 Å². The standard InChI is InChI=1S/C17H18N4O/c1-11(2)8-15(22)21-13-5-3-4-12(9-13)16-14-6-7-18-17(14)20-10-19-16/h3-5,8-10H,6-7H2,1-2H3,(H,21,22)(H,18,19,20). The fourth-order valence-corrected chi connectivity index (χ4v) is 2.54. The maximum absolute atomic E-state index is 11.8. The number of carbonyl (C=O) groups is 1. The van der Waals surface area contributed by atoms with E-state index in [1.54, 1.807) is 12.4 Å². The lowest BCUT2D eigenvalue weighted by atomic mass is 10.0. The first-order valence-corrected chi connectivity index (χ1v) is 7.27. The van der Waals surface area contributed by atoms with Gasteiger partial charge in [-0.1, -0.05) is 17.7 Å². The van der Waals surface area contributed by atoms with E-state index in [1.165, 1.54) is 0 Å². The highest BCUT2D eigenvalue weighted by molar-refractivity contribution is 6.00.